The normalized spacial score (nSPS) is 15.3. The van der Waals surface area contributed by atoms with Gasteiger partial charge in [0.1, 0.15) is 0 Å². The van der Waals surface area contributed by atoms with Crippen LogP contribution in [0.2, 0.25) is 0 Å². The van der Waals surface area contributed by atoms with E-state index < -0.39 is 0 Å². The van der Waals surface area contributed by atoms with E-state index in [0.717, 1.165) is 10.9 Å². The molecule has 6 nitrogen and oxygen atoms in total. The van der Waals surface area contributed by atoms with Gasteiger partial charge in [-0.1, -0.05) is 18.2 Å². The summed E-state index contributed by atoms with van der Waals surface area (Å²) in [5.41, 5.74) is 1.38. The van der Waals surface area contributed by atoms with E-state index in [2.05, 4.69) is 15.6 Å². The number of fused-ring (bicyclic) bond motifs is 1. The molecule has 0 unspecified atom stereocenters. The highest BCUT2D eigenvalue weighted by Crippen LogP contribution is 2.20. The molecule has 2 aromatic rings. The van der Waals surface area contributed by atoms with Crippen LogP contribution in [0.3, 0.4) is 0 Å². The molecule has 1 saturated heterocycles. The Kier molecular flexibility index (Phi) is 4.83. The van der Waals surface area contributed by atoms with Crippen LogP contribution in [-0.4, -0.2) is 36.6 Å². The molecule has 1 aliphatic rings. The summed E-state index contributed by atoms with van der Waals surface area (Å²) in [6.45, 7) is 1.16. The Labute approximate surface area is 134 Å². The number of nitrogens with one attached hydrogen (secondary N) is 2. The number of aromatic nitrogens is 1. The zero-order valence-corrected chi connectivity index (χ0v) is 12.7. The highest BCUT2D eigenvalue weighted by atomic mass is 16.5. The maximum absolute atomic E-state index is 12.1. The van der Waals surface area contributed by atoms with Crippen LogP contribution in [-0.2, 0) is 14.3 Å². The zero-order valence-electron chi connectivity index (χ0n) is 12.7. The van der Waals surface area contributed by atoms with Gasteiger partial charge in [0.2, 0.25) is 11.8 Å². The van der Waals surface area contributed by atoms with Crippen molar-refractivity contribution in [1.82, 2.24) is 10.3 Å². The summed E-state index contributed by atoms with van der Waals surface area (Å²) in [7, 11) is 0. The lowest BCUT2D eigenvalue weighted by molar-refractivity contribution is -0.129. The van der Waals surface area contributed by atoms with Crippen LogP contribution in [0.5, 0.6) is 0 Å². The fourth-order valence-electron chi connectivity index (χ4n) is 2.67. The minimum atomic E-state index is -0.261. The molecule has 0 saturated carbocycles. The molecule has 1 fully saturated rings. The first-order valence-electron chi connectivity index (χ1n) is 7.73. The molecule has 0 radical (unpaired) electrons. The van der Waals surface area contributed by atoms with Crippen molar-refractivity contribution in [1.29, 1.82) is 0 Å². The Morgan fingerprint density at radius 2 is 1.96 bits per heavy atom. The smallest absolute Gasteiger partial charge is 0.243 e. The van der Waals surface area contributed by atoms with Gasteiger partial charge in [-0.15, -0.1) is 0 Å². The van der Waals surface area contributed by atoms with Crippen molar-refractivity contribution in [2.45, 2.75) is 12.8 Å². The predicted octanol–water partition coefficient (Wildman–Crippen LogP) is 1.72. The van der Waals surface area contributed by atoms with Gasteiger partial charge in [-0.05, 0) is 25.0 Å². The summed E-state index contributed by atoms with van der Waals surface area (Å²) in [6.07, 6.45) is 3.10. The van der Waals surface area contributed by atoms with Gasteiger partial charge in [0.25, 0.3) is 0 Å². The molecule has 0 aliphatic carbocycles. The SMILES string of the molecule is O=C(CNC(=O)C1CCOCC1)Nc1cccc2cccnc12. The number of rotatable bonds is 4. The highest BCUT2D eigenvalue weighted by Gasteiger charge is 2.21. The summed E-state index contributed by atoms with van der Waals surface area (Å²) in [5, 5.41) is 6.45. The molecule has 0 spiro atoms. The van der Waals surface area contributed by atoms with E-state index in [1.807, 2.05) is 24.3 Å². The Bertz CT molecular complexity index is 706. The predicted molar refractivity (Wildman–Crippen MR) is 86.9 cm³/mol. The Balaban J connectivity index is 1.57. The molecule has 0 bridgehead atoms. The number of hydrogen-bond acceptors (Lipinski definition) is 4. The van der Waals surface area contributed by atoms with Crippen LogP contribution >= 0.6 is 0 Å². The van der Waals surface area contributed by atoms with Crippen molar-refractivity contribution >= 4 is 28.4 Å². The van der Waals surface area contributed by atoms with Gasteiger partial charge in [-0.3, -0.25) is 14.6 Å². The number of anilines is 1. The summed E-state index contributed by atoms with van der Waals surface area (Å²) in [6, 6.07) is 9.38. The molecular weight excluding hydrogens is 294 g/mol. The average molecular weight is 313 g/mol. The third kappa shape index (κ3) is 3.84. The third-order valence-corrected chi connectivity index (χ3v) is 3.92. The Morgan fingerprint density at radius 3 is 2.78 bits per heavy atom. The summed E-state index contributed by atoms with van der Waals surface area (Å²) in [5.74, 6) is -0.404. The van der Waals surface area contributed by atoms with Crippen LogP contribution in [0, 0.1) is 5.92 Å². The molecule has 2 N–H and O–H groups in total. The van der Waals surface area contributed by atoms with E-state index >= 15 is 0 Å². The van der Waals surface area contributed by atoms with E-state index in [-0.39, 0.29) is 24.3 Å². The summed E-state index contributed by atoms with van der Waals surface area (Å²) >= 11 is 0. The Morgan fingerprint density at radius 1 is 1.17 bits per heavy atom. The summed E-state index contributed by atoms with van der Waals surface area (Å²) in [4.78, 5) is 28.4. The first-order valence-corrected chi connectivity index (χ1v) is 7.73. The fraction of sp³-hybridized carbons (Fsp3) is 0.353. The molecule has 3 rings (SSSR count). The van der Waals surface area contributed by atoms with E-state index in [9.17, 15) is 9.59 Å². The molecule has 23 heavy (non-hydrogen) atoms. The van der Waals surface area contributed by atoms with Crippen LogP contribution in [0.1, 0.15) is 12.8 Å². The lowest BCUT2D eigenvalue weighted by Gasteiger charge is -2.21. The van der Waals surface area contributed by atoms with Crippen LogP contribution in [0.25, 0.3) is 10.9 Å². The van der Waals surface area contributed by atoms with E-state index in [4.69, 9.17) is 4.74 Å². The van der Waals surface area contributed by atoms with Gasteiger partial charge in [0.15, 0.2) is 0 Å². The molecule has 6 heteroatoms. The first-order chi connectivity index (χ1) is 11.2. The van der Waals surface area contributed by atoms with Crippen molar-refractivity contribution in [3.05, 3.63) is 36.5 Å². The highest BCUT2D eigenvalue weighted by molar-refractivity contribution is 6.01. The maximum atomic E-state index is 12.1. The van der Waals surface area contributed by atoms with Crippen LogP contribution in [0.15, 0.2) is 36.5 Å². The molecule has 2 heterocycles. The van der Waals surface area contributed by atoms with Gasteiger partial charge < -0.3 is 15.4 Å². The van der Waals surface area contributed by atoms with Crippen molar-refractivity contribution in [3.8, 4) is 0 Å². The number of carbonyl (C=O) groups is 2. The molecule has 2 amide bonds. The molecule has 1 aromatic heterocycles. The van der Waals surface area contributed by atoms with E-state index in [1.165, 1.54) is 0 Å². The second kappa shape index (κ2) is 7.19. The van der Waals surface area contributed by atoms with Crippen molar-refractivity contribution < 1.29 is 14.3 Å². The minimum absolute atomic E-state index is 0.0423. The number of nitrogens with zero attached hydrogens (tertiary/aromatic N) is 1. The van der Waals surface area contributed by atoms with Gasteiger partial charge in [-0.25, -0.2) is 0 Å². The second-order valence-corrected chi connectivity index (χ2v) is 5.53. The minimum Gasteiger partial charge on any atom is -0.381 e. The first kappa shape index (κ1) is 15.4. The van der Waals surface area contributed by atoms with Crippen LogP contribution in [0.4, 0.5) is 5.69 Å². The van der Waals surface area contributed by atoms with Gasteiger partial charge in [0, 0.05) is 30.7 Å². The van der Waals surface area contributed by atoms with Gasteiger partial charge in [-0.2, -0.15) is 0 Å². The van der Waals surface area contributed by atoms with Gasteiger partial charge in [0.05, 0.1) is 17.7 Å². The average Bonchev–Trinajstić information content (AvgIpc) is 2.61. The molecule has 1 aromatic carbocycles. The van der Waals surface area contributed by atoms with Gasteiger partial charge >= 0.3 is 0 Å². The quantitative estimate of drug-likeness (QED) is 0.900. The molecule has 120 valence electrons. The number of carbonyl (C=O) groups excluding carboxylic acids is 2. The number of hydrogen-bond donors (Lipinski definition) is 2. The molecular formula is C17H19N3O3. The fourth-order valence-corrected chi connectivity index (χ4v) is 2.67. The second-order valence-electron chi connectivity index (χ2n) is 5.53. The monoisotopic (exact) mass is 313 g/mol. The number of benzene rings is 1. The topological polar surface area (TPSA) is 80.3 Å². The van der Waals surface area contributed by atoms with E-state index in [1.54, 1.807) is 12.3 Å². The van der Waals surface area contributed by atoms with Crippen molar-refractivity contribution in [2.24, 2.45) is 5.92 Å². The Hall–Kier alpha value is -2.47. The number of para-hydroxylation sites is 1. The maximum Gasteiger partial charge on any atom is 0.243 e. The van der Waals surface area contributed by atoms with E-state index in [0.29, 0.717) is 31.7 Å². The van der Waals surface area contributed by atoms with Crippen LogP contribution < -0.4 is 10.6 Å². The molecule has 0 atom stereocenters. The standard InChI is InChI=1S/C17H19N3O3/c21-15(11-19-17(22)13-6-9-23-10-7-13)20-14-5-1-3-12-4-2-8-18-16(12)14/h1-5,8,13H,6-7,9-11H2,(H,19,22)(H,20,21). The zero-order chi connectivity index (χ0) is 16.1. The van der Waals surface area contributed by atoms with Crippen molar-refractivity contribution in [3.63, 3.8) is 0 Å². The van der Waals surface area contributed by atoms with Crippen molar-refractivity contribution in [2.75, 3.05) is 25.1 Å². The third-order valence-electron chi connectivity index (χ3n) is 3.92. The number of ether oxygens (including phenoxy) is 1. The summed E-state index contributed by atoms with van der Waals surface area (Å²) < 4.78 is 5.23. The largest absolute Gasteiger partial charge is 0.381 e. The number of amides is 2. The number of pyridine rings is 1. The lowest BCUT2D eigenvalue weighted by Crippen LogP contribution is -2.38. The molecule has 1 aliphatic heterocycles. The lowest BCUT2D eigenvalue weighted by atomic mass is 9.99.